The highest BCUT2D eigenvalue weighted by Gasteiger charge is 2.22. The fourth-order valence-electron chi connectivity index (χ4n) is 3.07. The zero-order valence-electron chi connectivity index (χ0n) is 15.1. The van der Waals surface area contributed by atoms with Crippen LogP contribution in [-0.2, 0) is 0 Å². The van der Waals surface area contributed by atoms with E-state index in [1.54, 1.807) is 24.5 Å². The van der Waals surface area contributed by atoms with Gasteiger partial charge in [-0.2, -0.15) is 0 Å². The Morgan fingerprint density at radius 1 is 1.15 bits per heavy atom. The lowest BCUT2D eigenvalue weighted by atomic mass is 10.2. The third-order valence-electron chi connectivity index (χ3n) is 4.60. The molecule has 1 aliphatic heterocycles. The third kappa shape index (κ3) is 4.50. The molecule has 0 unspecified atom stereocenters. The Morgan fingerprint density at radius 2 is 1.88 bits per heavy atom. The van der Waals surface area contributed by atoms with Gasteiger partial charge in [0.25, 0.3) is 5.91 Å². The van der Waals surface area contributed by atoms with Crippen molar-refractivity contribution in [3.8, 4) is 0 Å². The first-order chi connectivity index (χ1) is 12.7. The normalized spacial score (nSPS) is 14.4. The molecule has 0 spiro atoms. The van der Waals surface area contributed by atoms with Crippen molar-refractivity contribution >= 4 is 17.3 Å². The monoisotopic (exact) mass is 356 g/mol. The molecule has 1 aromatic heterocycles. The maximum Gasteiger partial charge on any atom is 0.255 e. The third-order valence-corrected chi connectivity index (χ3v) is 4.60. The van der Waals surface area contributed by atoms with Gasteiger partial charge in [0.1, 0.15) is 5.82 Å². The Kier molecular flexibility index (Phi) is 6.04. The van der Waals surface area contributed by atoms with Crippen LogP contribution < -0.4 is 10.2 Å². The quantitative estimate of drug-likeness (QED) is 0.806. The lowest BCUT2D eigenvalue weighted by molar-refractivity contribution is 0.0746. The highest BCUT2D eigenvalue weighted by Crippen LogP contribution is 2.18. The lowest BCUT2D eigenvalue weighted by Gasteiger charge is -2.36. The van der Waals surface area contributed by atoms with Gasteiger partial charge in [0.05, 0.1) is 11.3 Å². The second kappa shape index (κ2) is 8.65. The van der Waals surface area contributed by atoms with Crippen LogP contribution in [0.1, 0.15) is 30.1 Å². The zero-order chi connectivity index (χ0) is 18.4. The van der Waals surface area contributed by atoms with Crippen molar-refractivity contribution in [2.75, 3.05) is 42.9 Å². The fourth-order valence-corrected chi connectivity index (χ4v) is 3.07. The molecule has 0 radical (unpaired) electrons. The fraction of sp³-hybridized carbons (Fsp3) is 0.400. The minimum Gasteiger partial charge on any atom is -0.384 e. The number of unbranched alkanes of at least 4 members (excludes halogenated alkanes) is 1. The number of benzene rings is 1. The van der Waals surface area contributed by atoms with Crippen LogP contribution >= 0.6 is 0 Å². The van der Waals surface area contributed by atoms with E-state index in [1.165, 1.54) is 12.1 Å². The predicted molar refractivity (Wildman–Crippen MR) is 102 cm³/mol. The van der Waals surface area contributed by atoms with Crippen molar-refractivity contribution in [1.29, 1.82) is 0 Å². The van der Waals surface area contributed by atoms with E-state index in [9.17, 15) is 9.18 Å². The number of hydrogen-bond donors (Lipinski definition) is 1. The van der Waals surface area contributed by atoms with Gasteiger partial charge in [-0.1, -0.05) is 13.3 Å². The minimum atomic E-state index is -0.234. The van der Waals surface area contributed by atoms with Gasteiger partial charge in [-0.3, -0.25) is 9.78 Å². The van der Waals surface area contributed by atoms with Gasteiger partial charge < -0.3 is 15.1 Å². The van der Waals surface area contributed by atoms with Crippen molar-refractivity contribution < 1.29 is 9.18 Å². The van der Waals surface area contributed by atoms with Crippen LogP contribution in [0.25, 0.3) is 0 Å². The molecule has 26 heavy (non-hydrogen) atoms. The molecule has 1 N–H and O–H groups in total. The number of carbonyl (C=O) groups is 1. The molecule has 1 aliphatic rings. The molecule has 0 atom stereocenters. The number of carbonyl (C=O) groups excluding carboxylic acids is 1. The van der Waals surface area contributed by atoms with Crippen LogP contribution in [-0.4, -0.2) is 48.5 Å². The molecular formula is C20H25FN4O. The highest BCUT2D eigenvalue weighted by molar-refractivity contribution is 5.95. The largest absolute Gasteiger partial charge is 0.384 e. The minimum absolute atomic E-state index is 0.00963. The number of nitrogens with zero attached hydrogens (tertiary/aromatic N) is 3. The Bertz CT molecular complexity index is 727. The van der Waals surface area contributed by atoms with Gasteiger partial charge in [-0.15, -0.1) is 0 Å². The summed E-state index contributed by atoms with van der Waals surface area (Å²) in [6.45, 7) is 5.78. The van der Waals surface area contributed by atoms with Crippen molar-refractivity contribution in [1.82, 2.24) is 9.88 Å². The average Bonchev–Trinajstić information content (AvgIpc) is 2.69. The summed E-state index contributed by atoms with van der Waals surface area (Å²) in [5.41, 5.74) is 2.48. The molecule has 2 heterocycles. The molecule has 3 rings (SSSR count). The molecular weight excluding hydrogens is 331 g/mol. The molecule has 138 valence electrons. The van der Waals surface area contributed by atoms with E-state index in [0.717, 1.165) is 43.9 Å². The topological polar surface area (TPSA) is 48.5 Å². The molecule has 0 saturated carbocycles. The second-order valence-corrected chi connectivity index (χ2v) is 6.50. The van der Waals surface area contributed by atoms with Gasteiger partial charge in [0.2, 0.25) is 0 Å². The van der Waals surface area contributed by atoms with Gasteiger partial charge in [0, 0.05) is 50.8 Å². The number of piperazine rings is 1. The van der Waals surface area contributed by atoms with Crippen LogP contribution in [0.2, 0.25) is 0 Å². The van der Waals surface area contributed by atoms with Crippen LogP contribution in [0.5, 0.6) is 0 Å². The number of hydrogen-bond acceptors (Lipinski definition) is 4. The van der Waals surface area contributed by atoms with Gasteiger partial charge >= 0.3 is 0 Å². The van der Waals surface area contributed by atoms with Crippen molar-refractivity contribution in [2.24, 2.45) is 0 Å². The van der Waals surface area contributed by atoms with Crippen molar-refractivity contribution in [2.45, 2.75) is 19.8 Å². The summed E-state index contributed by atoms with van der Waals surface area (Å²) in [7, 11) is 0. The Balaban J connectivity index is 1.58. The summed E-state index contributed by atoms with van der Waals surface area (Å²) in [6, 6.07) is 8.37. The maximum absolute atomic E-state index is 13.1. The summed E-state index contributed by atoms with van der Waals surface area (Å²) in [6.07, 6.45) is 5.58. The molecule has 6 heteroatoms. The number of amides is 1. The number of pyridine rings is 1. The van der Waals surface area contributed by atoms with Crippen molar-refractivity contribution in [3.05, 3.63) is 54.1 Å². The summed E-state index contributed by atoms with van der Waals surface area (Å²) < 4.78 is 13.1. The molecule has 1 saturated heterocycles. The Labute approximate surface area is 153 Å². The van der Waals surface area contributed by atoms with Gasteiger partial charge in [-0.05, 0) is 36.8 Å². The molecule has 5 nitrogen and oxygen atoms in total. The highest BCUT2D eigenvalue weighted by atomic mass is 19.1. The first kappa shape index (κ1) is 18.2. The number of rotatable bonds is 6. The van der Waals surface area contributed by atoms with Gasteiger partial charge in [-0.25, -0.2) is 4.39 Å². The first-order valence-corrected chi connectivity index (χ1v) is 9.16. The average molecular weight is 356 g/mol. The van der Waals surface area contributed by atoms with Crippen LogP contribution in [0, 0.1) is 5.82 Å². The lowest BCUT2D eigenvalue weighted by Crippen LogP contribution is -2.48. The van der Waals surface area contributed by atoms with Crippen LogP contribution in [0.4, 0.5) is 15.8 Å². The van der Waals surface area contributed by atoms with E-state index in [4.69, 9.17) is 0 Å². The SMILES string of the molecule is CCCCNc1cncc(C(=O)N2CCN(c3ccc(F)cc3)CC2)c1. The van der Waals surface area contributed by atoms with E-state index >= 15 is 0 Å². The van der Waals surface area contributed by atoms with E-state index in [0.29, 0.717) is 18.7 Å². The number of nitrogens with one attached hydrogen (secondary N) is 1. The predicted octanol–water partition coefficient (Wildman–Crippen LogP) is 3.40. The molecule has 2 aromatic rings. The summed E-state index contributed by atoms with van der Waals surface area (Å²) >= 11 is 0. The summed E-state index contributed by atoms with van der Waals surface area (Å²) in [4.78, 5) is 21.0. The molecule has 1 fully saturated rings. The maximum atomic E-state index is 13.1. The summed E-state index contributed by atoms with van der Waals surface area (Å²) in [5, 5.41) is 3.30. The Hall–Kier alpha value is -2.63. The van der Waals surface area contributed by atoms with Crippen LogP contribution in [0.15, 0.2) is 42.7 Å². The van der Waals surface area contributed by atoms with Crippen LogP contribution in [0.3, 0.4) is 0 Å². The number of halogens is 1. The molecule has 0 aliphatic carbocycles. The summed E-state index contributed by atoms with van der Waals surface area (Å²) in [5.74, 6) is -0.224. The van der Waals surface area contributed by atoms with Crippen molar-refractivity contribution in [3.63, 3.8) is 0 Å². The van der Waals surface area contributed by atoms with E-state index < -0.39 is 0 Å². The Morgan fingerprint density at radius 3 is 2.58 bits per heavy atom. The molecule has 1 aromatic carbocycles. The van der Waals surface area contributed by atoms with E-state index in [2.05, 4.69) is 22.1 Å². The van der Waals surface area contributed by atoms with Gasteiger partial charge in [0.15, 0.2) is 0 Å². The first-order valence-electron chi connectivity index (χ1n) is 9.16. The zero-order valence-corrected chi connectivity index (χ0v) is 15.1. The molecule has 1 amide bonds. The number of aromatic nitrogens is 1. The van der Waals surface area contributed by atoms with E-state index in [1.807, 2.05) is 11.0 Å². The second-order valence-electron chi connectivity index (χ2n) is 6.50. The van der Waals surface area contributed by atoms with E-state index in [-0.39, 0.29) is 11.7 Å². The smallest absolute Gasteiger partial charge is 0.255 e. The number of anilines is 2. The molecule has 0 bridgehead atoms. The standard InChI is InChI=1S/C20H25FN4O/c1-2-3-8-23-18-13-16(14-22-15-18)20(26)25-11-9-24(10-12-25)19-6-4-17(21)5-7-19/h4-7,13-15,23H,2-3,8-12H2,1H3.